The first kappa shape index (κ1) is 9.44. The molecular weight excluding hydrogens is 152 g/mol. The van der Waals surface area contributed by atoms with E-state index in [1.165, 1.54) is 37.9 Å². The maximum atomic E-state index is 2.30. The fraction of sp³-hybridized carbons (Fsp3) is 1.00. The lowest BCUT2D eigenvalue weighted by Crippen LogP contribution is -2.09. The minimum atomic E-state index is 0.830. The molecular formula is C10H20S. The first-order valence-electron chi connectivity index (χ1n) is 4.90. The first-order valence-corrected chi connectivity index (χ1v) is 5.95. The van der Waals surface area contributed by atoms with Crippen LogP contribution in [0.2, 0.25) is 0 Å². The van der Waals surface area contributed by atoms with Gasteiger partial charge in [0.1, 0.15) is 0 Å². The quantitative estimate of drug-likeness (QED) is 0.625. The molecule has 0 aromatic carbocycles. The lowest BCUT2D eigenvalue weighted by molar-refractivity contribution is 0.390. The van der Waals surface area contributed by atoms with Crippen LogP contribution in [0.15, 0.2) is 0 Å². The van der Waals surface area contributed by atoms with Gasteiger partial charge >= 0.3 is 0 Å². The summed E-state index contributed by atoms with van der Waals surface area (Å²) in [6.07, 6.45) is 7.47. The van der Waals surface area contributed by atoms with E-state index in [9.17, 15) is 0 Å². The average Bonchev–Trinajstić information content (AvgIpc) is 2.03. The van der Waals surface area contributed by atoms with Gasteiger partial charge in [0.25, 0.3) is 0 Å². The molecule has 11 heavy (non-hydrogen) atoms. The summed E-state index contributed by atoms with van der Waals surface area (Å²) >= 11 is 2.14. The molecule has 0 spiro atoms. The Bertz CT molecular complexity index is 93.0. The molecule has 0 amide bonds. The van der Waals surface area contributed by atoms with E-state index in [1.807, 2.05) is 0 Å². The van der Waals surface area contributed by atoms with Crippen molar-refractivity contribution < 1.29 is 0 Å². The molecule has 0 aliphatic heterocycles. The van der Waals surface area contributed by atoms with Crippen molar-refractivity contribution in [2.75, 3.05) is 5.75 Å². The number of thioether (sulfide) groups is 1. The van der Waals surface area contributed by atoms with Gasteiger partial charge in [0, 0.05) is 0 Å². The second kappa shape index (κ2) is 5.08. The van der Waals surface area contributed by atoms with Crippen LogP contribution in [0, 0.1) is 5.92 Å². The largest absolute Gasteiger partial charge is 0.159 e. The van der Waals surface area contributed by atoms with E-state index < -0.39 is 0 Å². The van der Waals surface area contributed by atoms with Gasteiger partial charge in [0.05, 0.1) is 0 Å². The van der Waals surface area contributed by atoms with Gasteiger partial charge in [-0.3, -0.25) is 0 Å². The first-order chi connectivity index (χ1) is 5.29. The highest BCUT2D eigenvalue weighted by molar-refractivity contribution is 7.99. The Balaban J connectivity index is 2.05. The summed E-state index contributed by atoms with van der Waals surface area (Å²) in [5.74, 6) is 2.47. The Labute approximate surface area is 75.1 Å². The molecule has 0 saturated heterocycles. The van der Waals surface area contributed by atoms with Crippen LogP contribution in [0.4, 0.5) is 0 Å². The molecule has 1 saturated carbocycles. The van der Waals surface area contributed by atoms with Crippen molar-refractivity contribution >= 4 is 11.8 Å². The Morgan fingerprint density at radius 1 is 1.18 bits per heavy atom. The van der Waals surface area contributed by atoms with Gasteiger partial charge in [-0.15, -0.1) is 0 Å². The van der Waals surface area contributed by atoms with Crippen molar-refractivity contribution in [2.45, 2.75) is 51.2 Å². The highest BCUT2D eigenvalue weighted by atomic mass is 32.2. The molecule has 1 rings (SSSR count). The lowest BCUT2D eigenvalue weighted by atomic mass is 9.91. The Morgan fingerprint density at radius 3 is 2.36 bits per heavy atom. The van der Waals surface area contributed by atoms with Crippen LogP contribution in [0.25, 0.3) is 0 Å². The van der Waals surface area contributed by atoms with E-state index >= 15 is 0 Å². The van der Waals surface area contributed by atoms with Gasteiger partial charge in [-0.1, -0.05) is 33.1 Å². The van der Waals surface area contributed by atoms with E-state index in [4.69, 9.17) is 0 Å². The molecule has 0 unspecified atom stereocenters. The second-order valence-corrected chi connectivity index (χ2v) is 5.50. The zero-order valence-electron chi connectivity index (χ0n) is 7.81. The van der Waals surface area contributed by atoms with Gasteiger partial charge in [-0.05, 0) is 29.8 Å². The minimum absolute atomic E-state index is 0.830. The summed E-state index contributed by atoms with van der Waals surface area (Å²) in [6, 6.07) is 0. The summed E-state index contributed by atoms with van der Waals surface area (Å²) in [7, 11) is 0. The van der Waals surface area contributed by atoms with Crippen molar-refractivity contribution in [2.24, 2.45) is 5.92 Å². The lowest BCUT2D eigenvalue weighted by Gasteiger charge is -2.21. The second-order valence-electron chi connectivity index (χ2n) is 3.89. The molecule has 1 fully saturated rings. The molecule has 1 aliphatic carbocycles. The molecule has 0 aromatic rings. The summed E-state index contributed by atoms with van der Waals surface area (Å²) in [4.78, 5) is 0. The third kappa shape index (κ3) is 4.05. The molecule has 0 atom stereocenters. The third-order valence-corrected chi connectivity index (χ3v) is 3.72. The van der Waals surface area contributed by atoms with Gasteiger partial charge in [-0.2, -0.15) is 11.8 Å². The summed E-state index contributed by atoms with van der Waals surface area (Å²) < 4.78 is 0. The van der Waals surface area contributed by atoms with Crippen molar-refractivity contribution in [3.8, 4) is 0 Å². The Morgan fingerprint density at radius 2 is 1.82 bits per heavy atom. The predicted molar refractivity (Wildman–Crippen MR) is 54.2 cm³/mol. The topological polar surface area (TPSA) is 0 Å². The van der Waals surface area contributed by atoms with E-state index in [-0.39, 0.29) is 0 Å². The predicted octanol–water partition coefficient (Wildman–Crippen LogP) is 3.71. The zero-order chi connectivity index (χ0) is 8.10. The molecule has 0 bridgehead atoms. The maximum Gasteiger partial charge on any atom is -0.000958 e. The zero-order valence-corrected chi connectivity index (χ0v) is 8.62. The maximum absolute atomic E-state index is 2.30. The fourth-order valence-corrected chi connectivity index (χ4v) is 2.67. The number of hydrogen-bond acceptors (Lipinski definition) is 1. The van der Waals surface area contributed by atoms with Crippen molar-refractivity contribution in [3.63, 3.8) is 0 Å². The van der Waals surface area contributed by atoms with Gasteiger partial charge in [0.2, 0.25) is 0 Å². The SMILES string of the molecule is CC(C)SCC1CCCCC1. The molecule has 0 aromatic heterocycles. The molecule has 1 aliphatic rings. The van der Waals surface area contributed by atoms with E-state index in [1.54, 1.807) is 0 Å². The fourth-order valence-electron chi connectivity index (χ4n) is 1.68. The van der Waals surface area contributed by atoms with E-state index in [2.05, 4.69) is 25.6 Å². The van der Waals surface area contributed by atoms with Crippen LogP contribution in [-0.4, -0.2) is 11.0 Å². The molecule has 66 valence electrons. The van der Waals surface area contributed by atoms with Gasteiger partial charge in [-0.25, -0.2) is 0 Å². The minimum Gasteiger partial charge on any atom is -0.159 e. The summed E-state index contributed by atoms with van der Waals surface area (Å²) in [5, 5.41) is 0.830. The summed E-state index contributed by atoms with van der Waals surface area (Å²) in [6.45, 7) is 4.60. The van der Waals surface area contributed by atoms with Crippen molar-refractivity contribution in [3.05, 3.63) is 0 Å². The highest BCUT2D eigenvalue weighted by Gasteiger charge is 2.13. The average molecular weight is 172 g/mol. The highest BCUT2D eigenvalue weighted by Crippen LogP contribution is 2.27. The van der Waals surface area contributed by atoms with Crippen molar-refractivity contribution in [1.29, 1.82) is 0 Å². The van der Waals surface area contributed by atoms with Crippen LogP contribution in [0.3, 0.4) is 0 Å². The standard InChI is InChI=1S/C10H20S/c1-9(2)11-8-10-6-4-3-5-7-10/h9-10H,3-8H2,1-2H3. The van der Waals surface area contributed by atoms with E-state index in [0.717, 1.165) is 11.2 Å². The van der Waals surface area contributed by atoms with Crippen LogP contribution in [0.1, 0.15) is 46.0 Å². The van der Waals surface area contributed by atoms with Crippen LogP contribution in [0.5, 0.6) is 0 Å². The normalized spacial score (nSPS) is 21.0. The smallest absolute Gasteiger partial charge is 0.000958 e. The van der Waals surface area contributed by atoms with Crippen LogP contribution >= 0.6 is 11.8 Å². The van der Waals surface area contributed by atoms with Crippen molar-refractivity contribution in [1.82, 2.24) is 0 Å². The summed E-state index contributed by atoms with van der Waals surface area (Å²) in [5.41, 5.74) is 0. The van der Waals surface area contributed by atoms with Crippen LogP contribution in [-0.2, 0) is 0 Å². The third-order valence-electron chi connectivity index (χ3n) is 2.39. The van der Waals surface area contributed by atoms with E-state index in [0.29, 0.717) is 0 Å². The van der Waals surface area contributed by atoms with Crippen LogP contribution < -0.4 is 0 Å². The Kier molecular flexibility index (Phi) is 4.36. The molecule has 0 nitrogen and oxygen atoms in total. The molecule has 0 N–H and O–H groups in total. The van der Waals surface area contributed by atoms with Gasteiger partial charge in [0.15, 0.2) is 0 Å². The number of hydrogen-bond donors (Lipinski definition) is 0. The monoisotopic (exact) mass is 172 g/mol. The molecule has 0 heterocycles. The number of rotatable bonds is 3. The molecule has 0 radical (unpaired) electrons. The molecule has 1 heteroatoms. The Hall–Kier alpha value is 0.350. The van der Waals surface area contributed by atoms with Gasteiger partial charge < -0.3 is 0 Å².